The lowest BCUT2D eigenvalue weighted by atomic mass is 9.89. The highest BCUT2D eigenvalue weighted by Gasteiger charge is 2.39. The Morgan fingerprint density at radius 3 is 2.06 bits per heavy atom. The van der Waals surface area contributed by atoms with E-state index in [9.17, 15) is 9.59 Å². The average Bonchev–Trinajstić information content (AvgIpc) is 2.89. The van der Waals surface area contributed by atoms with Gasteiger partial charge in [-0.15, -0.1) is 0 Å². The van der Waals surface area contributed by atoms with E-state index in [1.807, 2.05) is 127 Å². The van der Waals surface area contributed by atoms with Crippen molar-refractivity contribution in [3.8, 4) is 0 Å². The first-order chi connectivity index (χ1) is 17.4. The van der Waals surface area contributed by atoms with Crippen molar-refractivity contribution >= 4 is 23.2 Å². The number of carbonyl (C=O) groups is 2. The molecule has 1 heterocycles. The fraction of sp³-hybridized carbons (Fsp3) is 0.188. The summed E-state index contributed by atoms with van der Waals surface area (Å²) in [6, 6.07) is 32.9. The Labute approximate surface area is 212 Å². The standard InChI is InChI=1S/C32H30N2O2/c1-22-11-9-13-25(19-22)31(35)33-24(3)21-30(28-17-7-8-18-29(28)33)34(27-15-5-4-6-16-27)32(36)26-14-10-12-23(2)20-26/h4-20,24,30H,21H2,1-3H3/t24-,30-/m0/s1. The Morgan fingerprint density at radius 1 is 0.750 bits per heavy atom. The number of rotatable bonds is 4. The number of aryl methyl sites for hydroxylation is 2. The molecule has 2 atom stereocenters. The van der Waals surface area contributed by atoms with Gasteiger partial charge in [-0.25, -0.2) is 0 Å². The van der Waals surface area contributed by atoms with Gasteiger partial charge in [0.2, 0.25) is 0 Å². The fourth-order valence-electron chi connectivity index (χ4n) is 5.20. The van der Waals surface area contributed by atoms with Crippen LogP contribution >= 0.6 is 0 Å². The summed E-state index contributed by atoms with van der Waals surface area (Å²) >= 11 is 0. The van der Waals surface area contributed by atoms with Crippen molar-refractivity contribution in [2.45, 2.75) is 39.3 Å². The summed E-state index contributed by atoms with van der Waals surface area (Å²) < 4.78 is 0. The number of nitrogens with zero attached hydrogens (tertiary/aromatic N) is 2. The Hall–Kier alpha value is -4.18. The highest BCUT2D eigenvalue weighted by Crippen LogP contribution is 2.43. The zero-order valence-corrected chi connectivity index (χ0v) is 20.9. The van der Waals surface area contributed by atoms with Crippen LogP contribution in [0, 0.1) is 13.8 Å². The minimum Gasteiger partial charge on any atom is -0.305 e. The van der Waals surface area contributed by atoms with Gasteiger partial charge in [0.25, 0.3) is 11.8 Å². The van der Waals surface area contributed by atoms with E-state index >= 15 is 0 Å². The molecule has 5 rings (SSSR count). The smallest absolute Gasteiger partial charge is 0.258 e. The lowest BCUT2D eigenvalue weighted by Crippen LogP contribution is -2.47. The van der Waals surface area contributed by atoms with Gasteiger partial charge in [-0.3, -0.25) is 9.59 Å². The van der Waals surface area contributed by atoms with Gasteiger partial charge < -0.3 is 9.80 Å². The summed E-state index contributed by atoms with van der Waals surface area (Å²) in [5.74, 6) is -0.0660. The van der Waals surface area contributed by atoms with Gasteiger partial charge in [-0.05, 0) is 75.2 Å². The molecule has 4 heteroatoms. The van der Waals surface area contributed by atoms with Crippen LogP contribution in [0.4, 0.5) is 11.4 Å². The number of para-hydroxylation sites is 2. The number of benzene rings is 4. The van der Waals surface area contributed by atoms with E-state index in [1.54, 1.807) is 0 Å². The first-order valence-corrected chi connectivity index (χ1v) is 12.4. The first kappa shape index (κ1) is 23.6. The molecule has 2 amide bonds. The van der Waals surface area contributed by atoms with Crippen LogP contribution in [-0.4, -0.2) is 17.9 Å². The normalized spacial score (nSPS) is 16.8. The summed E-state index contributed by atoms with van der Waals surface area (Å²) in [5.41, 5.74) is 6.09. The molecule has 0 unspecified atom stereocenters. The summed E-state index contributed by atoms with van der Waals surface area (Å²) in [5, 5.41) is 0. The van der Waals surface area contributed by atoms with Gasteiger partial charge in [0.15, 0.2) is 0 Å². The molecule has 0 aromatic heterocycles. The zero-order chi connectivity index (χ0) is 25.2. The summed E-state index contributed by atoms with van der Waals surface area (Å²) in [6.45, 7) is 6.06. The molecule has 0 saturated heterocycles. The van der Waals surface area contributed by atoms with Crippen LogP contribution < -0.4 is 9.80 Å². The maximum Gasteiger partial charge on any atom is 0.258 e. The van der Waals surface area contributed by atoms with Crippen LogP contribution in [0.5, 0.6) is 0 Å². The molecule has 4 nitrogen and oxygen atoms in total. The predicted octanol–water partition coefficient (Wildman–Crippen LogP) is 7.13. The lowest BCUT2D eigenvalue weighted by Gasteiger charge is -2.43. The summed E-state index contributed by atoms with van der Waals surface area (Å²) in [4.78, 5) is 31.5. The molecule has 0 bridgehead atoms. The molecule has 0 radical (unpaired) electrons. The molecule has 180 valence electrons. The monoisotopic (exact) mass is 474 g/mol. The molecule has 0 saturated carbocycles. The van der Waals surface area contributed by atoms with Gasteiger partial charge in [0.05, 0.1) is 6.04 Å². The molecule has 0 aliphatic carbocycles. The lowest BCUT2D eigenvalue weighted by molar-refractivity contribution is 0.0965. The van der Waals surface area contributed by atoms with Gasteiger partial charge in [-0.2, -0.15) is 0 Å². The third-order valence-electron chi connectivity index (χ3n) is 6.87. The molecule has 4 aromatic carbocycles. The van der Waals surface area contributed by atoms with E-state index < -0.39 is 0 Å². The third-order valence-corrected chi connectivity index (χ3v) is 6.87. The van der Waals surface area contributed by atoms with Gasteiger partial charge in [0.1, 0.15) is 0 Å². The molecular weight excluding hydrogens is 444 g/mol. The molecule has 1 aliphatic rings. The van der Waals surface area contributed by atoms with Gasteiger partial charge in [-0.1, -0.05) is 71.8 Å². The second-order valence-corrected chi connectivity index (χ2v) is 9.58. The maximum absolute atomic E-state index is 14.0. The average molecular weight is 475 g/mol. The highest BCUT2D eigenvalue weighted by molar-refractivity contribution is 6.09. The molecule has 0 spiro atoms. The van der Waals surface area contributed by atoms with E-state index in [2.05, 4.69) is 6.92 Å². The minimum absolute atomic E-state index is 0.0200. The van der Waals surface area contributed by atoms with Crippen LogP contribution in [-0.2, 0) is 0 Å². The quantitative estimate of drug-likeness (QED) is 0.316. The largest absolute Gasteiger partial charge is 0.305 e. The minimum atomic E-state index is -0.215. The predicted molar refractivity (Wildman–Crippen MR) is 146 cm³/mol. The van der Waals surface area contributed by atoms with Crippen molar-refractivity contribution in [2.24, 2.45) is 0 Å². The van der Waals surface area contributed by atoms with Crippen molar-refractivity contribution in [3.05, 3.63) is 131 Å². The third kappa shape index (κ3) is 4.42. The van der Waals surface area contributed by atoms with Crippen LogP contribution in [0.1, 0.15) is 56.8 Å². The summed E-state index contributed by atoms with van der Waals surface area (Å²) in [6.07, 6.45) is 0.626. The number of hydrogen-bond acceptors (Lipinski definition) is 2. The Balaban J connectivity index is 1.61. The van der Waals surface area contributed by atoms with Crippen LogP contribution in [0.2, 0.25) is 0 Å². The number of anilines is 2. The Kier molecular flexibility index (Phi) is 6.43. The van der Waals surface area contributed by atoms with Crippen LogP contribution in [0.15, 0.2) is 103 Å². The number of amides is 2. The van der Waals surface area contributed by atoms with Crippen molar-refractivity contribution < 1.29 is 9.59 Å². The van der Waals surface area contributed by atoms with E-state index in [4.69, 9.17) is 0 Å². The van der Waals surface area contributed by atoms with Crippen molar-refractivity contribution in [3.63, 3.8) is 0 Å². The van der Waals surface area contributed by atoms with E-state index in [1.165, 1.54) is 0 Å². The second kappa shape index (κ2) is 9.82. The van der Waals surface area contributed by atoms with Gasteiger partial charge >= 0.3 is 0 Å². The van der Waals surface area contributed by atoms with Crippen molar-refractivity contribution in [1.29, 1.82) is 0 Å². The number of carbonyl (C=O) groups excluding carboxylic acids is 2. The van der Waals surface area contributed by atoms with Crippen molar-refractivity contribution in [2.75, 3.05) is 9.80 Å². The van der Waals surface area contributed by atoms with Gasteiger partial charge in [0, 0.05) is 28.5 Å². The van der Waals surface area contributed by atoms with Crippen LogP contribution in [0.3, 0.4) is 0 Å². The van der Waals surface area contributed by atoms with Crippen molar-refractivity contribution in [1.82, 2.24) is 0 Å². The Morgan fingerprint density at radius 2 is 1.36 bits per heavy atom. The van der Waals surface area contributed by atoms with E-state index in [0.717, 1.165) is 28.1 Å². The Bertz CT molecular complexity index is 1410. The number of hydrogen-bond donors (Lipinski definition) is 0. The molecule has 4 aromatic rings. The maximum atomic E-state index is 14.0. The number of fused-ring (bicyclic) bond motifs is 1. The SMILES string of the molecule is Cc1cccc(C(=O)N2c3ccccc3[C@@H](N(C(=O)c3cccc(C)c3)c3ccccc3)C[C@@H]2C)c1. The topological polar surface area (TPSA) is 40.6 Å². The molecule has 1 aliphatic heterocycles. The first-order valence-electron chi connectivity index (χ1n) is 12.4. The highest BCUT2D eigenvalue weighted by atomic mass is 16.2. The molecule has 0 N–H and O–H groups in total. The molecular formula is C32H30N2O2. The summed E-state index contributed by atoms with van der Waals surface area (Å²) in [7, 11) is 0. The van der Waals surface area contributed by atoms with E-state index in [0.29, 0.717) is 17.5 Å². The second-order valence-electron chi connectivity index (χ2n) is 9.58. The molecule has 36 heavy (non-hydrogen) atoms. The van der Waals surface area contributed by atoms with E-state index in [-0.39, 0.29) is 23.9 Å². The fourth-order valence-corrected chi connectivity index (χ4v) is 5.20. The molecule has 0 fully saturated rings. The van der Waals surface area contributed by atoms with Crippen LogP contribution in [0.25, 0.3) is 0 Å². The zero-order valence-electron chi connectivity index (χ0n) is 20.9.